The van der Waals surface area contributed by atoms with Crippen LogP contribution in [0.1, 0.15) is 17.4 Å². The topological polar surface area (TPSA) is 75.9 Å². The average molecular weight is 328 g/mol. The van der Waals surface area contributed by atoms with E-state index in [9.17, 15) is 0 Å². The molecule has 0 unspecified atom stereocenters. The maximum atomic E-state index is 5.36. The second-order valence-electron chi connectivity index (χ2n) is 3.61. The summed E-state index contributed by atoms with van der Waals surface area (Å²) < 4.78 is 0.738. The number of thiophene rings is 1. The van der Waals surface area contributed by atoms with Gasteiger partial charge in [0.1, 0.15) is 16.6 Å². The fourth-order valence-electron chi connectivity index (χ4n) is 1.59. The summed E-state index contributed by atoms with van der Waals surface area (Å²) in [6.07, 6.45) is 2.51. The molecule has 0 aromatic carbocycles. The molecule has 2 heterocycles. The van der Waals surface area contributed by atoms with Crippen molar-refractivity contribution >= 4 is 38.9 Å². The first-order valence-corrected chi connectivity index (χ1v) is 7.19. The molecule has 0 aliphatic heterocycles. The number of anilines is 2. The first-order chi connectivity index (χ1) is 8.76. The van der Waals surface area contributed by atoms with Gasteiger partial charge in [-0.1, -0.05) is 6.92 Å². The number of nitrogens with two attached hydrogens (primary N) is 1. The average Bonchev–Trinajstić information content (AvgIpc) is 2.85. The molecule has 0 atom stereocenters. The number of nitrogens with zero attached hydrogens (tertiary/aromatic N) is 2. The quantitative estimate of drug-likeness (QED) is 0.581. The Morgan fingerprint density at radius 1 is 1.39 bits per heavy atom. The summed E-state index contributed by atoms with van der Waals surface area (Å²) in [5.74, 6) is 6.65. The van der Waals surface area contributed by atoms with Gasteiger partial charge in [0.2, 0.25) is 0 Å². The summed E-state index contributed by atoms with van der Waals surface area (Å²) in [4.78, 5) is 9.51. The maximum absolute atomic E-state index is 5.36. The summed E-state index contributed by atoms with van der Waals surface area (Å²) in [5, 5.41) is 5.39. The van der Waals surface area contributed by atoms with Crippen molar-refractivity contribution in [3.8, 4) is 0 Å². The van der Waals surface area contributed by atoms with E-state index >= 15 is 0 Å². The number of halogens is 1. The molecule has 18 heavy (non-hydrogen) atoms. The molecule has 96 valence electrons. The summed E-state index contributed by atoms with van der Waals surface area (Å²) in [6, 6.07) is 2.16. The van der Waals surface area contributed by atoms with Gasteiger partial charge in [-0.3, -0.25) is 0 Å². The lowest BCUT2D eigenvalue weighted by Gasteiger charge is -2.09. The van der Waals surface area contributed by atoms with E-state index in [1.165, 1.54) is 16.8 Å². The molecule has 0 saturated carbocycles. The zero-order valence-electron chi connectivity index (χ0n) is 9.90. The third-order valence-corrected chi connectivity index (χ3v) is 4.28. The van der Waals surface area contributed by atoms with Gasteiger partial charge in [0, 0.05) is 4.88 Å². The minimum Gasteiger partial charge on any atom is -0.364 e. The van der Waals surface area contributed by atoms with Crippen LogP contribution in [0.15, 0.2) is 22.2 Å². The van der Waals surface area contributed by atoms with Gasteiger partial charge in [0.05, 0.1) is 6.54 Å². The Morgan fingerprint density at radius 2 is 2.17 bits per heavy atom. The lowest BCUT2D eigenvalue weighted by atomic mass is 10.2. The van der Waals surface area contributed by atoms with Crippen LogP contribution in [0.25, 0.3) is 0 Å². The van der Waals surface area contributed by atoms with Crippen molar-refractivity contribution in [1.29, 1.82) is 0 Å². The van der Waals surface area contributed by atoms with Gasteiger partial charge in [0.25, 0.3) is 0 Å². The summed E-state index contributed by atoms with van der Waals surface area (Å²) >= 11 is 5.16. The van der Waals surface area contributed by atoms with E-state index in [1.54, 1.807) is 11.3 Å². The van der Waals surface area contributed by atoms with Gasteiger partial charge in [-0.15, -0.1) is 11.3 Å². The normalized spacial score (nSPS) is 10.4. The number of hydrogen-bond acceptors (Lipinski definition) is 6. The first kappa shape index (κ1) is 13.3. The van der Waals surface area contributed by atoms with Crippen molar-refractivity contribution in [2.24, 2.45) is 5.84 Å². The molecule has 0 radical (unpaired) electrons. The second-order valence-corrected chi connectivity index (χ2v) is 5.40. The van der Waals surface area contributed by atoms with Crippen molar-refractivity contribution < 1.29 is 0 Å². The summed E-state index contributed by atoms with van der Waals surface area (Å²) in [7, 11) is 0. The zero-order chi connectivity index (χ0) is 13.0. The van der Waals surface area contributed by atoms with E-state index in [2.05, 4.69) is 55.0 Å². The fraction of sp³-hybridized carbons (Fsp3) is 0.273. The smallest absolute Gasteiger partial charge is 0.159 e. The van der Waals surface area contributed by atoms with E-state index in [4.69, 9.17) is 5.84 Å². The Kier molecular flexibility index (Phi) is 4.51. The Labute approximate surface area is 118 Å². The molecular weight excluding hydrogens is 314 g/mol. The van der Waals surface area contributed by atoms with Gasteiger partial charge in [0.15, 0.2) is 5.82 Å². The Morgan fingerprint density at radius 3 is 2.89 bits per heavy atom. The standard InChI is InChI=1S/C11H14BrN5S/c1-2-7-3-4-18-8(7)5-14-10-9(12)11(17-13)16-6-15-10/h3-4,6H,2,5,13H2,1H3,(H2,14,15,16,17). The first-order valence-electron chi connectivity index (χ1n) is 5.52. The maximum Gasteiger partial charge on any atom is 0.159 e. The number of hydrogen-bond donors (Lipinski definition) is 3. The molecule has 0 amide bonds. The molecule has 2 aromatic rings. The van der Waals surface area contributed by atoms with Crippen LogP contribution in [-0.4, -0.2) is 9.97 Å². The minimum atomic E-state index is 0.564. The molecule has 0 aliphatic carbocycles. The van der Waals surface area contributed by atoms with Crippen molar-refractivity contribution in [3.05, 3.63) is 32.7 Å². The second kappa shape index (κ2) is 6.12. The predicted molar refractivity (Wildman–Crippen MR) is 78.6 cm³/mol. The van der Waals surface area contributed by atoms with Crippen LogP contribution in [0.2, 0.25) is 0 Å². The molecule has 2 rings (SSSR count). The van der Waals surface area contributed by atoms with Gasteiger partial charge in [-0.25, -0.2) is 15.8 Å². The van der Waals surface area contributed by atoms with Gasteiger partial charge in [-0.2, -0.15) is 0 Å². The zero-order valence-corrected chi connectivity index (χ0v) is 12.3. The summed E-state index contributed by atoms with van der Waals surface area (Å²) in [5.41, 5.74) is 3.89. The third kappa shape index (κ3) is 2.80. The largest absolute Gasteiger partial charge is 0.364 e. The number of rotatable bonds is 5. The van der Waals surface area contributed by atoms with Crippen LogP contribution in [-0.2, 0) is 13.0 Å². The van der Waals surface area contributed by atoms with E-state index in [1.807, 2.05) is 0 Å². The highest BCUT2D eigenvalue weighted by molar-refractivity contribution is 9.10. The van der Waals surface area contributed by atoms with Crippen molar-refractivity contribution in [3.63, 3.8) is 0 Å². The number of nitrogen functional groups attached to an aromatic ring is 1. The Balaban J connectivity index is 2.11. The van der Waals surface area contributed by atoms with Crippen LogP contribution >= 0.6 is 27.3 Å². The van der Waals surface area contributed by atoms with Crippen LogP contribution < -0.4 is 16.6 Å². The van der Waals surface area contributed by atoms with Crippen LogP contribution in [0.3, 0.4) is 0 Å². The molecule has 0 aliphatic rings. The van der Waals surface area contributed by atoms with Gasteiger partial charge in [-0.05, 0) is 39.4 Å². The molecule has 2 aromatic heterocycles. The number of aromatic nitrogens is 2. The highest BCUT2D eigenvalue weighted by Gasteiger charge is 2.08. The highest BCUT2D eigenvalue weighted by atomic mass is 79.9. The molecule has 0 fully saturated rings. The lowest BCUT2D eigenvalue weighted by molar-refractivity contribution is 1.05. The van der Waals surface area contributed by atoms with Crippen molar-refractivity contribution in [2.45, 2.75) is 19.9 Å². The van der Waals surface area contributed by atoms with E-state index in [-0.39, 0.29) is 0 Å². The van der Waals surface area contributed by atoms with Crippen LogP contribution in [0.4, 0.5) is 11.6 Å². The number of nitrogens with one attached hydrogen (secondary N) is 2. The molecule has 0 bridgehead atoms. The molecule has 0 saturated heterocycles. The molecule has 4 N–H and O–H groups in total. The summed E-state index contributed by atoms with van der Waals surface area (Å²) in [6.45, 7) is 2.91. The predicted octanol–water partition coefficient (Wildman–Crippen LogP) is 2.76. The van der Waals surface area contributed by atoms with Crippen molar-refractivity contribution in [1.82, 2.24) is 9.97 Å². The Hall–Kier alpha value is -1.18. The van der Waals surface area contributed by atoms with E-state index in [0.717, 1.165) is 23.3 Å². The minimum absolute atomic E-state index is 0.564. The van der Waals surface area contributed by atoms with E-state index in [0.29, 0.717) is 5.82 Å². The highest BCUT2D eigenvalue weighted by Crippen LogP contribution is 2.27. The van der Waals surface area contributed by atoms with Gasteiger partial charge >= 0.3 is 0 Å². The van der Waals surface area contributed by atoms with Crippen LogP contribution in [0, 0.1) is 0 Å². The molecule has 0 spiro atoms. The lowest BCUT2D eigenvalue weighted by Crippen LogP contribution is -2.11. The molecule has 7 heteroatoms. The molecule has 5 nitrogen and oxygen atoms in total. The van der Waals surface area contributed by atoms with Gasteiger partial charge < -0.3 is 10.7 Å². The Bertz CT molecular complexity index is 528. The van der Waals surface area contributed by atoms with Crippen LogP contribution in [0.5, 0.6) is 0 Å². The monoisotopic (exact) mass is 327 g/mol. The SMILES string of the molecule is CCc1ccsc1CNc1ncnc(NN)c1Br. The third-order valence-electron chi connectivity index (χ3n) is 2.56. The van der Waals surface area contributed by atoms with E-state index < -0.39 is 0 Å². The number of aryl methyl sites for hydroxylation is 1. The fourth-order valence-corrected chi connectivity index (χ4v) is 2.97. The van der Waals surface area contributed by atoms with Crippen molar-refractivity contribution in [2.75, 3.05) is 10.7 Å². The number of hydrazine groups is 1. The molecular formula is C11H14BrN5S.